The molecule has 0 aromatic heterocycles. The van der Waals surface area contributed by atoms with Gasteiger partial charge in [0.15, 0.2) is 0 Å². The van der Waals surface area contributed by atoms with E-state index in [1.165, 1.54) is 5.75 Å². The monoisotopic (exact) mass is 306 g/mol. The molecule has 0 aliphatic carbocycles. The topological polar surface area (TPSA) is 68.3 Å². The first-order valence-electron chi connectivity index (χ1n) is 7.41. The van der Waals surface area contributed by atoms with E-state index in [2.05, 4.69) is 0 Å². The van der Waals surface area contributed by atoms with E-state index in [0.29, 0.717) is 5.56 Å². The first kappa shape index (κ1) is 14.7. The highest BCUT2D eigenvalue weighted by atomic mass is 32.2. The summed E-state index contributed by atoms with van der Waals surface area (Å²) < 4.78 is 12.3. The van der Waals surface area contributed by atoms with Crippen LogP contribution in [0.4, 0.5) is 0 Å². The van der Waals surface area contributed by atoms with Crippen molar-refractivity contribution in [3.63, 3.8) is 0 Å². The van der Waals surface area contributed by atoms with E-state index in [-0.39, 0.29) is 17.5 Å². The van der Waals surface area contributed by atoms with Crippen LogP contribution in [0.15, 0.2) is 18.2 Å². The minimum atomic E-state index is 0.0275. The molecule has 2 atom stereocenters. The molecule has 1 aromatic carbocycles. The predicted molar refractivity (Wildman–Crippen MR) is 86.5 cm³/mol. The number of amidine groups is 1. The van der Waals surface area contributed by atoms with Gasteiger partial charge in [-0.1, -0.05) is 12.1 Å². The maximum absolute atomic E-state index is 7.55. The summed E-state index contributed by atoms with van der Waals surface area (Å²) in [7, 11) is 0. The van der Waals surface area contributed by atoms with Gasteiger partial charge in [0.05, 0.1) is 12.2 Å². The average Bonchev–Trinajstić information content (AvgIpc) is 2.89. The van der Waals surface area contributed by atoms with Crippen LogP contribution >= 0.6 is 11.8 Å². The van der Waals surface area contributed by atoms with Gasteiger partial charge >= 0.3 is 0 Å². The van der Waals surface area contributed by atoms with Crippen LogP contribution in [0.25, 0.3) is 0 Å². The smallest absolute Gasteiger partial charge is 0.123 e. The molecule has 0 saturated carbocycles. The van der Waals surface area contributed by atoms with Crippen molar-refractivity contribution in [1.82, 2.24) is 0 Å². The van der Waals surface area contributed by atoms with Crippen molar-refractivity contribution in [1.29, 1.82) is 5.41 Å². The van der Waals surface area contributed by atoms with Gasteiger partial charge in [-0.25, -0.2) is 0 Å². The van der Waals surface area contributed by atoms with Gasteiger partial charge < -0.3 is 15.2 Å². The van der Waals surface area contributed by atoms with E-state index >= 15 is 0 Å². The average molecular weight is 306 g/mol. The largest absolute Gasteiger partial charge is 0.490 e. The molecule has 0 radical (unpaired) electrons. The lowest BCUT2D eigenvalue weighted by Crippen LogP contribution is -2.43. The fourth-order valence-electron chi connectivity index (χ4n) is 3.02. The van der Waals surface area contributed by atoms with Crippen molar-refractivity contribution in [3.8, 4) is 5.75 Å². The molecule has 3 N–H and O–H groups in total. The number of hydrogen-bond donors (Lipinski definition) is 2. The van der Waals surface area contributed by atoms with E-state index in [9.17, 15) is 0 Å². The molecule has 2 saturated heterocycles. The van der Waals surface area contributed by atoms with Crippen LogP contribution in [-0.2, 0) is 4.74 Å². The van der Waals surface area contributed by atoms with Crippen LogP contribution in [0.3, 0.4) is 0 Å². The lowest BCUT2D eigenvalue weighted by Gasteiger charge is -2.37. The highest BCUT2D eigenvalue weighted by Gasteiger charge is 2.41. The Labute approximate surface area is 129 Å². The van der Waals surface area contributed by atoms with Crippen LogP contribution < -0.4 is 10.5 Å². The lowest BCUT2D eigenvalue weighted by molar-refractivity contribution is -0.0959. The molecule has 2 heterocycles. The molecule has 1 spiro atoms. The van der Waals surface area contributed by atoms with E-state index in [1.807, 2.05) is 36.9 Å². The summed E-state index contributed by atoms with van der Waals surface area (Å²) in [5, 5.41) is 7.55. The Kier molecular flexibility index (Phi) is 4.13. The highest BCUT2D eigenvalue weighted by molar-refractivity contribution is 7.99. The fraction of sp³-hybridized carbons (Fsp3) is 0.562. The van der Waals surface area contributed by atoms with Gasteiger partial charge in [-0.2, -0.15) is 11.8 Å². The quantitative estimate of drug-likeness (QED) is 0.665. The Balaban J connectivity index is 1.74. The first-order valence-corrected chi connectivity index (χ1v) is 8.57. The molecule has 114 valence electrons. The van der Waals surface area contributed by atoms with Crippen molar-refractivity contribution in [3.05, 3.63) is 29.3 Å². The van der Waals surface area contributed by atoms with Crippen molar-refractivity contribution >= 4 is 17.6 Å². The number of ether oxygens (including phenoxy) is 2. The van der Waals surface area contributed by atoms with Gasteiger partial charge in [0.25, 0.3) is 0 Å². The summed E-state index contributed by atoms with van der Waals surface area (Å²) >= 11 is 1.97. The zero-order valence-electron chi connectivity index (χ0n) is 12.4. The number of benzene rings is 1. The number of nitrogens with two attached hydrogens (primary N) is 1. The number of aryl methyl sites for hydroxylation is 1. The van der Waals surface area contributed by atoms with Crippen molar-refractivity contribution in [2.75, 3.05) is 18.1 Å². The molecule has 21 heavy (non-hydrogen) atoms. The second kappa shape index (κ2) is 5.89. The summed E-state index contributed by atoms with van der Waals surface area (Å²) in [4.78, 5) is 0. The van der Waals surface area contributed by atoms with Crippen LogP contribution in [0.1, 0.15) is 30.4 Å². The highest BCUT2D eigenvalue weighted by Crippen LogP contribution is 2.39. The maximum atomic E-state index is 7.55. The second-order valence-corrected chi connectivity index (χ2v) is 7.07. The first-order chi connectivity index (χ1) is 10.1. The zero-order valence-corrected chi connectivity index (χ0v) is 13.2. The van der Waals surface area contributed by atoms with Crippen molar-refractivity contribution in [2.45, 2.75) is 37.9 Å². The molecular weight excluding hydrogens is 284 g/mol. The lowest BCUT2D eigenvalue weighted by atomic mass is 9.91. The van der Waals surface area contributed by atoms with E-state index in [1.54, 1.807) is 0 Å². The molecule has 4 nitrogen and oxygen atoms in total. The molecule has 5 heteroatoms. The third kappa shape index (κ3) is 3.19. The normalized spacial score (nSPS) is 28.7. The Bertz CT molecular complexity index is 541. The van der Waals surface area contributed by atoms with E-state index < -0.39 is 0 Å². The SMILES string of the molecule is Cc1ccc(C(=N)N)cc1OC1CCOC2(CCSC2)C1. The molecule has 0 amide bonds. The molecule has 2 aliphatic rings. The van der Waals surface area contributed by atoms with Crippen LogP contribution in [0.5, 0.6) is 5.75 Å². The molecular formula is C16H22N2O2S. The molecule has 3 rings (SSSR count). The van der Waals surface area contributed by atoms with E-state index in [0.717, 1.165) is 42.9 Å². The summed E-state index contributed by atoms with van der Waals surface area (Å²) in [5.74, 6) is 3.19. The minimum absolute atomic E-state index is 0.0275. The van der Waals surface area contributed by atoms with Crippen LogP contribution in [0.2, 0.25) is 0 Å². The van der Waals surface area contributed by atoms with Crippen LogP contribution in [-0.4, -0.2) is 35.7 Å². The number of nitrogens with one attached hydrogen (secondary N) is 1. The Hall–Kier alpha value is -1.20. The molecule has 1 aromatic rings. The van der Waals surface area contributed by atoms with Gasteiger partial charge in [-0.15, -0.1) is 0 Å². The number of nitrogen functional groups attached to an aromatic ring is 1. The third-order valence-corrected chi connectivity index (χ3v) is 5.53. The summed E-state index contributed by atoms with van der Waals surface area (Å²) in [6.45, 7) is 2.80. The Morgan fingerprint density at radius 2 is 2.38 bits per heavy atom. The third-order valence-electron chi connectivity index (χ3n) is 4.31. The van der Waals surface area contributed by atoms with Gasteiger partial charge in [0.1, 0.15) is 17.7 Å². The van der Waals surface area contributed by atoms with Gasteiger partial charge in [0.2, 0.25) is 0 Å². The van der Waals surface area contributed by atoms with Gasteiger partial charge in [0, 0.05) is 24.2 Å². The van der Waals surface area contributed by atoms with Gasteiger partial charge in [-0.3, -0.25) is 5.41 Å². The minimum Gasteiger partial charge on any atom is -0.490 e. The molecule has 2 unspecified atom stereocenters. The second-order valence-electron chi connectivity index (χ2n) is 5.96. The van der Waals surface area contributed by atoms with Crippen molar-refractivity contribution < 1.29 is 9.47 Å². The van der Waals surface area contributed by atoms with E-state index in [4.69, 9.17) is 20.6 Å². The fourth-order valence-corrected chi connectivity index (χ4v) is 4.40. The number of hydrogen-bond acceptors (Lipinski definition) is 4. The summed E-state index contributed by atoms with van der Waals surface area (Å²) in [6, 6.07) is 5.71. The molecule has 2 aliphatic heterocycles. The van der Waals surface area contributed by atoms with Crippen molar-refractivity contribution in [2.24, 2.45) is 5.73 Å². The number of thioether (sulfide) groups is 1. The number of rotatable bonds is 3. The maximum Gasteiger partial charge on any atom is 0.123 e. The molecule has 2 fully saturated rings. The van der Waals surface area contributed by atoms with Gasteiger partial charge in [-0.05, 0) is 30.7 Å². The summed E-state index contributed by atoms with van der Waals surface area (Å²) in [5.41, 5.74) is 7.39. The van der Waals surface area contributed by atoms with Crippen LogP contribution in [0, 0.1) is 12.3 Å². The summed E-state index contributed by atoms with van der Waals surface area (Å²) in [6.07, 6.45) is 3.21. The molecule has 0 bridgehead atoms. The Morgan fingerprint density at radius 3 is 3.10 bits per heavy atom. The standard InChI is InChI=1S/C16H22N2O2S/c1-11-2-3-12(15(17)18)8-14(11)20-13-4-6-19-16(9-13)5-7-21-10-16/h2-3,8,13H,4-7,9-10H2,1H3,(H3,17,18). The zero-order chi connectivity index (χ0) is 14.9. The Morgan fingerprint density at radius 1 is 1.52 bits per heavy atom. The predicted octanol–water partition coefficient (Wildman–Crippen LogP) is 2.71.